The van der Waals surface area contributed by atoms with Gasteiger partial charge >= 0.3 is 12.1 Å². The number of hydrogen-bond acceptors (Lipinski definition) is 3. The van der Waals surface area contributed by atoms with Gasteiger partial charge in [-0.2, -0.15) is 13.2 Å². The molecule has 0 spiro atoms. The van der Waals surface area contributed by atoms with E-state index in [9.17, 15) is 28.0 Å². The maximum atomic E-state index is 12.3. The van der Waals surface area contributed by atoms with Crippen molar-refractivity contribution < 1.29 is 28.0 Å². The van der Waals surface area contributed by atoms with Crippen molar-refractivity contribution in [2.75, 3.05) is 6.54 Å². The predicted octanol–water partition coefficient (Wildman–Crippen LogP) is 2.71. The quantitative estimate of drug-likeness (QED) is 0.667. The smallest absolute Gasteiger partial charge is 0.353 e. The highest BCUT2D eigenvalue weighted by molar-refractivity contribution is 5.81. The molecule has 0 aromatic rings. The van der Waals surface area contributed by atoms with Gasteiger partial charge in [-0.1, -0.05) is 6.42 Å². The van der Waals surface area contributed by atoms with Crippen LogP contribution in [0.15, 0.2) is 0 Å². The fourth-order valence-corrected chi connectivity index (χ4v) is 3.55. The second-order valence-electron chi connectivity index (χ2n) is 8.16. The molecule has 1 aliphatic heterocycles. The van der Waals surface area contributed by atoms with Crippen molar-refractivity contribution in [2.24, 2.45) is 0 Å². The molecule has 0 bridgehead atoms. The molecule has 1 fully saturated rings. The lowest BCUT2D eigenvalue weighted by molar-refractivity contribution is -0.290. The molecule has 1 saturated heterocycles. The number of alkyl halides is 3. The molecule has 0 aromatic heterocycles. The Morgan fingerprint density at radius 3 is 2.08 bits per heavy atom. The summed E-state index contributed by atoms with van der Waals surface area (Å²) in [6.07, 6.45) is -2.01. The van der Waals surface area contributed by atoms with Gasteiger partial charge in [0.2, 0.25) is 5.91 Å². The fraction of sp³-hybridized carbons (Fsp3) is 0.882. The molecular formula is C17H29F3N3O3. The van der Waals surface area contributed by atoms with E-state index in [0.717, 1.165) is 5.06 Å². The molecule has 151 valence electrons. The van der Waals surface area contributed by atoms with E-state index in [4.69, 9.17) is 0 Å². The number of hydrogen-bond donors (Lipinski definition) is 2. The highest BCUT2D eigenvalue weighted by Gasteiger charge is 2.46. The molecule has 0 aromatic carbocycles. The van der Waals surface area contributed by atoms with Crippen molar-refractivity contribution in [1.29, 1.82) is 0 Å². The molecule has 9 heteroatoms. The fourth-order valence-electron chi connectivity index (χ4n) is 3.55. The summed E-state index contributed by atoms with van der Waals surface area (Å²) in [5.41, 5.74) is -1.12. The number of nitrogens with one attached hydrogen (secondary N) is 2. The van der Waals surface area contributed by atoms with Crippen LogP contribution in [-0.4, -0.2) is 46.7 Å². The zero-order valence-corrected chi connectivity index (χ0v) is 15.8. The molecule has 1 aliphatic rings. The molecule has 0 aliphatic carbocycles. The third kappa shape index (κ3) is 6.75. The first-order valence-corrected chi connectivity index (χ1v) is 8.87. The molecule has 26 heavy (non-hydrogen) atoms. The van der Waals surface area contributed by atoms with E-state index in [2.05, 4.69) is 5.32 Å². The SMILES string of the molecule is CC1(C)CC(NC(=O)CCCCCNC(=O)C(F)(F)F)CC(C)(C)N1[O]. The Hall–Kier alpha value is -1.35. The summed E-state index contributed by atoms with van der Waals surface area (Å²) in [6.45, 7) is 7.36. The normalized spacial score (nSPS) is 20.6. The van der Waals surface area contributed by atoms with E-state index in [0.29, 0.717) is 32.1 Å². The van der Waals surface area contributed by atoms with Crippen LogP contribution in [-0.2, 0) is 14.8 Å². The van der Waals surface area contributed by atoms with Crippen molar-refractivity contribution in [3.63, 3.8) is 0 Å². The van der Waals surface area contributed by atoms with Gasteiger partial charge in [0.15, 0.2) is 0 Å². The second kappa shape index (κ2) is 8.56. The molecule has 2 amide bonds. The summed E-state index contributed by atoms with van der Waals surface area (Å²) in [5.74, 6) is -2.06. The number of carbonyl (C=O) groups is 2. The number of halogens is 3. The third-order valence-corrected chi connectivity index (χ3v) is 4.58. The molecular weight excluding hydrogens is 351 g/mol. The van der Waals surface area contributed by atoms with Crippen LogP contribution >= 0.6 is 0 Å². The average molecular weight is 380 g/mol. The Balaban J connectivity index is 2.26. The Morgan fingerprint density at radius 1 is 1.04 bits per heavy atom. The minimum atomic E-state index is -4.86. The first-order chi connectivity index (χ1) is 11.8. The number of unbranched alkanes of at least 4 members (excludes halogenated alkanes) is 2. The van der Waals surface area contributed by atoms with Gasteiger partial charge < -0.3 is 10.6 Å². The van der Waals surface area contributed by atoms with Gasteiger partial charge in [-0.25, -0.2) is 0 Å². The standard InChI is InChI=1S/C17H29F3N3O3/c1-15(2)10-12(11-16(3,4)23(15)26)22-13(24)8-6-5-7-9-21-14(25)17(18,19)20/h12H,5-11H2,1-4H3,(H,21,25)(H,22,24). The van der Waals surface area contributed by atoms with Crippen LogP contribution in [0.5, 0.6) is 0 Å². The van der Waals surface area contributed by atoms with E-state index in [1.807, 2.05) is 27.7 Å². The van der Waals surface area contributed by atoms with Crippen molar-refractivity contribution in [2.45, 2.75) is 89.5 Å². The van der Waals surface area contributed by atoms with Crippen LogP contribution in [0.3, 0.4) is 0 Å². The Kier molecular flexibility index (Phi) is 7.47. The molecule has 1 radical (unpaired) electrons. The first kappa shape index (κ1) is 22.7. The van der Waals surface area contributed by atoms with Crippen LogP contribution < -0.4 is 10.6 Å². The van der Waals surface area contributed by atoms with Crippen LogP contribution in [0.4, 0.5) is 13.2 Å². The van der Waals surface area contributed by atoms with Crippen LogP contribution in [0.25, 0.3) is 0 Å². The van der Waals surface area contributed by atoms with E-state index >= 15 is 0 Å². The van der Waals surface area contributed by atoms with Gasteiger partial charge in [0.05, 0.1) is 0 Å². The van der Waals surface area contributed by atoms with Crippen molar-refractivity contribution in [3.8, 4) is 0 Å². The third-order valence-electron chi connectivity index (χ3n) is 4.58. The molecule has 2 N–H and O–H groups in total. The van der Waals surface area contributed by atoms with E-state index < -0.39 is 23.2 Å². The topological polar surface area (TPSA) is 81.3 Å². The zero-order valence-electron chi connectivity index (χ0n) is 15.8. The van der Waals surface area contributed by atoms with E-state index in [1.54, 1.807) is 5.32 Å². The lowest BCUT2D eigenvalue weighted by atomic mass is 9.79. The molecule has 1 rings (SSSR count). The van der Waals surface area contributed by atoms with Gasteiger partial charge in [0, 0.05) is 30.1 Å². The minimum Gasteiger partial charge on any atom is -0.353 e. The molecule has 0 atom stereocenters. The number of nitrogens with zero attached hydrogens (tertiary/aromatic N) is 1. The average Bonchev–Trinajstić information content (AvgIpc) is 2.46. The van der Waals surface area contributed by atoms with Crippen molar-refractivity contribution in [3.05, 3.63) is 0 Å². The van der Waals surface area contributed by atoms with Crippen LogP contribution in [0.1, 0.15) is 66.2 Å². The second-order valence-corrected chi connectivity index (χ2v) is 8.16. The molecule has 6 nitrogen and oxygen atoms in total. The number of hydroxylamine groups is 2. The van der Waals surface area contributed by atoms with Gasteiger partial charge in [-0.3, -0.25) is 9.59 Å². The lowest BCUT2D eigenvalue weighted by Gasteiger charge is -2.50. The highest BCUT2D eigenvalue weighted by atomic mass is 19.4. The lowest BCUT2D eigenvalue weighted by Crippen LogP contribution is -2.62. The summed E-state index contributed by atoms with van der Waals surface area (Å²) < 4.78 is 36.0. The Labute approximate surface area is 152 Å². The minimum absolute atomic E-state index is 0.0652. The maximum absolute atomic E-state index is 12.3. The summed E-state index contributed by atoms with van der Waals surface area (Å²) in [5, 5.41) is 18.1. The first-order valence-electron chi connectivity index (χ1n) is 8.87. The highest BCUT2D eigenvalue weighted by Crippen LogP contribution is 2.36. The number of amides is 2. The zero-order chi connectivity index (χ0) is 20.2. The Morgan fingerprint density at radius 2 is 1.58 bits per heavy atom. The number of carbonyl (C=O) groups excluding carboxylic acids is 2. The summed E-state index contributed by atoms with van der Waals surface area (Å²) >= 11 is 0. The molecule has 0 unspecified atom stereocenters. The van der Waals surface area contributed by atoms with Crippen LogP contribution in [0.2, 0.25) is 0 Å². The van der Waals surface area contributed by atoms with Gasteiger partial charge in [0.25, 0.3) is 0 Å². The molecule has 0 saturated carbocycles. The summed E-state index contributed by atoms with van der Waals surface area (Å²) in [7, 11) is 0. The number of piperidine rings is 1. The van der Waals surface area contributed by atoms with Gasteiger partial charge in [-0.05, 0) is 53.4 Å². The van der Waals surface area contributed by atoms with Crippen molar-refractivity contribution >= 4 is 11.8 Å². The maximum Gasteiger partial charge on any atom is 0.471 e. The monoisotopic (exact) mass is 380 g/mol. The van der Waals surface area contributed by atoms with Gasteiger partial charge in [0.1, 0.15) is 0 Å². The molecule has 1 heterocycles. The van der Waals surface area contributed by atoms with Gasteiger partial charge in [-0.15, -0.1) is 10.3 Å². The van der Waals surface area contributed by atoms with Crippen molar-refractivity contribution in [1.82, 2.24) is 15.7 Å². The van der Waals surface area contributed by atoms with E-state index in [1.165, 1.54) is 0 Å². The predicted molar refractivity (Wildman–Crippen MR) is 89.4 cm³/mol. The largest absolute Gasteiger partial charge is 0.471 e. The summed E-state index contributed by atoms with van der Waals surface area (Å²) in [6, 6.07) is -0.0798. The number of rotatable bonds is 7. The van der Waals surface area contributed by atoms with Crippen LogP contribution in [0, 0.1) is 0 Å². The summed E-state index contributed by atoms with van der Waals surface area (Å²) in [4.78, 5) is 22.7. The van der Waals surface area contributed by atoms with E-state index in [-0.39, 0.29) is 24.9 Å². The Bertz CT molecular complexity index is 489.